The van der Waals surface area contributed by atoms with Crippen LogP contribution in [0.2, 0.25) is 0 Å². The molecule has 0 saturated heterocycles. The number of hydrazine groups is 1. The smallest absolute Gasteiger partial charge is 0.282 e. The highest BCUT2D eigenvalue weighted by Crippen LogP contribution is 2.33. The maximum Gasteiger partial charge on any atom is 0.282 e. The average Bonchev–Trinajstić information content (AvgIpc) is 2.89. The topological polar surface area (TPSA) is 56.9 Å². The van der Waals surface area contributed by atoms with Crippen LogP contribution in [0.1, 0.15) is 27.7 Å². The van der Waals surface area contributed by atoms with Crippen LogP contribution in [0.3, 0.4) is 0 Å². The second-order valence-electron chi connectivity index (χ2n) is 4.90. The third kappa shape index (κ3) is 2.09. The van der Waals surface area contributed by atoms with Crippen molar-refractivity contribution in [2.75, 3.05) is 0 Å². The van der Waals surface area contributed by atoms with Crippen molar-refractivity contribution >= 4 is 29.2 Å². The zero-order valence-electron chi connectivity index (χ0n) is 11.1. The number of hydrogen-bond acceptors (Lipinski definition) is 2. The molecule has 0 spiro atoms. The lowest BCUT2D eigenvalue weighted by Crippen LogP contribution is -2.45. The number of aromatic nitrogens is 1. The van der Waals surface area contributed by atoms with E-state index in [1.165, 1.54) is 0 Å². The molecule has 0 bridgehead atoms. The predicted octanol–water partition coefficient (Wildman–Crippen LogP) is 2.93. The summed E-state index contributed by atoms with van der Waals surface area (Å²) in [5, 5.41) is 1.08. The van der Waals surface area contributed by atoms with Gasteiger partial charge >= 0.3 is 0 Å². The highest BCUT2D eigenvalue weighted by atomic mass is 35.5. The normalized spacial score (nSPS) is 17.0. The molecule has 0 saturated carbocycles. The minimum atomic E-state index is -0.122. The number of hydrogen-bond donors (Lipinski definition) is 3. The van der Waals surface area contributed by atoms with E-state index in [9.17, 15) is 4.79 Å². The second kappa shape index (κ2) is 5.24. The molecule has 3 N–H and O–H groups in total. The quantitative estimate of drug-likeness (QED) is 0.647. The van der Waals surface area contributed by atoms with Crippen LogP contribution < -0.4 is 10.9 Å². The molecular weight excluding hydrogens is 286 g/mol. The Bertz CT molecular complexity index is 798. The number of aromatic amines is 1. The molecule has 0 radical (unpaired) electrons. The highest BCUT2D eigenvalue weighted by Gasteiger charge is 2.29. The molecule has 0 aliphatic carbocycles. The molecule has 2 aromatic carbocycles. The number of fused-ring (bicyclic) bond motifs is 3. The van der Waals surface area contributed by atoms with E-state index in [-0.39, 0.29) is 24.4 Å². The van der Waals surface area contributed by atoms with E-state index in [0.717, 1.165) is 22.0 Å². The van der Waals surface area contributed by atoms with E-state index in [4.69, 9.17) is 0 Å². The van der Waals surface area contributed by atoms with Crippen molar-refractivity contribution in [3.8, 4) is 0 Å². The molecule has 5 heteroatoms. The standard InChI is InChI=1S/C16H13N3O.ClH/c20-16-15-13(11-8-4-5-9-12(11)17-15)14(18-19-16)10-6-2-1-3-7-10;/h1-9,14,17-18H,(H,19,20);1H. The van der Waals surface area contributed by atoms with Crippen molar-refractivity contribution in [2.45, 2.75) is 6.04 Å². The van der Waals surface area contributed by atoms with Crippen LogP contribution in [-0.2, 0) is 0 Å². The summed E-state index contributed by atoms with van der Waals surface area (Å²) in [7, 11) is 0. The third-order valence-electron chi connectivity index (χ3n) is 3.72. The first-order chi connectivity index (χ1) is 9.84. The minimum absolute atomic E-state index is 0. The van der Waals surface area contributed by atoms with Crippen molar-refractivity contribution in [1.29, 1.82) is 0 Å². The fourth-order valence-electron chi connectivity index (χ4n) is 2.81. The van der Waals surface area contributed by atoms with E-state index in [1.54, 1.807) is 0 Å². The van der Waals surface area contributed by atoms with Crippen LogP contribution in [0.25, 0.3) is 10.9 Å². The summed E-state index contributed by atoms with van der Waals surface area (Å²) in [4.78, 5) is 15.2. The van der Waals surface area contributed by atoms with Gasteiger partial charge in [-0.2, -0.15) is 0 Å². The number of halogens is 1. The molecule has 21 heavy (non-hydrogen) atoms. The van der Waals surface area contributed by atoms with E-state index in [1.807, 2.05) is 42.5 Å². The molecule has 0 fully saturated rings. The molecule has 1 aliphatic rings. The molecule has 1 aliphatic heterocycles. The SMILES string of the molecule is Cl.O=C1NNC(c2ccccc2)c2c1[nH]c1ccccc21. The van der Waals surface area contributed by atoms with Gasteiger partial charge in [0.1, 0.15) is 5.69 Å². The first-order valence-electron chi connectivity index (χ1n) is 6.56. The number of carbonyl (C=O) groups excluding carboxylic acids is 1. The van der Waals surface area contributed by atoms with Crippen LogP contribution in [-0.4, -0.2) is 10.9 Å². The number of carbonyl (C=O) groups is 1. The molecule has 106 valence electrons. The zero-order chi connectivity index (χ0) is 13.5. The number of benzene rings is 2. The molecule has 3 aromatic rings. The molecule has 1 aromatic heterocycles. The lowest BCUT2D eigenvalue weighted by molar-refractivity contribution is 0.0909. The Morgan fingerprint density at radius 1 is 0.905 bits per heavy atom. The number of para-hydroxylation sites is 1. The van der Waals surface area contributed by atoms with Gasteiger partial charge in [-0.25, -0.2) is 5.43 Å². The van der Waals surface area contributed by atoms with Gasteiger partial charge in [0.15, 0.2) is 0 Å². The van der Waals surface area contributed by atoms with E-state index in [2.05, 4.69) is 28.0 Å². The summed E-state index contributed by atoms with van der Waals surface area (Å²) < 4.78 is 0. The lowest BCUT2D eigenvalue weighted by Gasteiger charge is -2.25. The Balaban J connectivity index is 0.00000132. The van der Waals surface area contributed by atoms with Gasteiger partial charge < -0.3 is 4.98 Å². The van der Waals surface area contributed by atoms with Crippen LogP contribution in [0.5, 0.6) is 0 Å². The average molecular weight is 300 g/mol. The van der Waals surface area contributed by atoms with Crippen molar-refractivity contribution in [3.63, 3.8) is 0 Å². The van der Waals surface area contributed by atoms with Gasteiger partial charge in [0.05, 0.1) is 6.04 Å². The highest BCUT2D eigenvalue weighted by molar-refractivity contribution is 6.02. The first kappa shape index (κ1) is 13.7. The van der Waals surface area contributed by atoms with Crippen molar-refractivity contribution < 1.29 is 4.79 Å². The number of rotatable bonds is 1. The van der Waals surface area contributed by atoms with Gasteiger partial charge in [0.25, 0.3) is 5.91 Å². The van der Waals surface area contributed by atoms with Crippen LogP contribution >= 0.6 is 12.4 Å². The Hall–Kier alpha value is -2.30. The molecule has 2 heterocycles. The fourth-order valence-corrected chi connectivity index (χ4v) is 2.81. The number of amides is 1. The molecule has 1 atom stereocenters. The Labute approximate surface area is 127 Å². The predicted molar refractivity (Wildman–Crippen MR) is 84.4 cm³/mol. The summed E-state index contributed by atoms with van der Waals surface area (Å²) in [5.74, 6) is -0.122. The summed E-state index contributed by atoms with van der Waals surface area (Å²) in [6, 6.07) is 18.1. The number of nitrogens with one attached hydrogen (secondary N) is 3. The van der Waals surface area contributed by atoms with Gasteiger partial charge in [-0.05, 0) is 11.6 Å². The molecular formula is C16H14ClN3O. The van der Waals surface area contributed by atoms with Gasteiger partial charge in [0, 0.05) is 16.5 Å². The third-order valence-corrected chi connectivity index (χ3v) is 3.72. The Kier molecular flexibility index (Phi) is 3.41. The zero-order valence-corrected chi connectivity index (χ0v) is 11.9. The van der Waals surface area contributed by atoms with Gasteiger partial charge in [-0.1, -0.05) is 48.5 Å². The molecule has 1 unspecified atom stereocenters. The number of H-pyrrole nitrogens is 1. The fraction of sp³-hybridized carbons (Fsp3) is 0.0625. The van der Waals surface area contributed by atoms with Crippen molar-refractivity contribution in [3.05, 3.63) is 71.4 Å². The van der Waals surface area contributed by atoms with Crippen LogP contribution in [0.15, 0.2) is 54.6 Å². The largest absolute Gasteiger partial charge is 0.350 e. The first-order valence-corrected chi connectivity index (χ1v) is 6.56. The van der Waals surface area contributed by atoms with Gasteiger partial charge in [-0.15, -0.1) is 12.4 Å². The van der Waals surface area contributed by atoms with Gasteiger partial charge in [0.2, 0.25) is 0 Å². The summed E-state index contributed by atoms with van der Waals surface area (Å²) in [5.41, 5.74) is 9.58. The molecule has 1 amide bonds. The van der Waals surface area contributed by atoms with E-state index in [0.29, 0.717) is 5.69 Å². The monoisotopic (exact) mass is 299 g/mol. The second-order valence-corrected chi connectivity index (χ2v) is 4.90. The van der Waals surface area contributed by atoms with Gasteiger partial charge in [-0.3, -0.25) is 10.2 Å². The maximum atomic E-state index is 12.0. The summed E-state index contributed by atoms with van der Waals surface area (Å²) in [6.07, 6.45) is 0. The summed E-state index contributed by atoms with van der Waals surface area (Å²) >= 11 is 0. The van der Waals surface area contributed by atoms with Crippen molar-refractivity contribution in [2.24, 2.45) is 0 Å². The molecule has 4 nitrogen and oxygen atoms in total. The Morgan fingerprint density at radius 3 is 2.43 bits per heavy atom. The van der Waals surface area contributed by atoms with Crippen LogP contribution in [0, 0.1) is 0 Å². The van der Waals surface area contributed by atoms with Crippen molar-refractivity contribution in [1.82, 2.24) is 15.8 Å². The van der Waals surface area contributed by atoms with Crippen LogP contribution in [0.4, 0.5) is 0 Å². The van der Waals surface area contributed by atoms with E-state index >= 15 is 0 Å². The minimum Gasteiger partial charge on any atom is -0.350 e. The maximum absolute atomic E-state index is 12.0. The van der Waals surface area contributed by atoms with E-state index < -0.39 is 0 Å². The molecule has 4 rings (SSSR count). The lowest BCUT2D eigenvalue weighted by atomic mass is 9.95. The Morgan fingerprint density at radius 2 is 1.62 bits per heavy atom. The summed E-state index contributed by atoms with van der Waals surface area (Å²) in [6.45, 7) is 0.